The van der Waals surface area contributed by atoms with Crippen LogP contribution in [0.5, 0.6) is 0 Å². The molecule has 0 aromatic heterocycles. The number of anilines is 1. The van der Waals surface area contributed by atoms with Gasteiger partial charge in [-0.1, -0.05) is 6.07 Å². The Hall–Kier alpha value is -1.62. The quantitative estimate of drug-likeness (QED) is 0.889. The average Bonchev–Trinajstić information content (AvgIpc) is 3.06. The highest BCUT2D eigenvalue weighted by atomic mass is 19.1. The largest absolute Gasteiger partial charge is 0.444 e. The van der Waals surface area contributed by atoms with Crippen molar-refractivity contribution in [1.82, 2.24) is 0 Å². The van der Waals surface area contributed by atoms with Gasteiger partial charge in [0.15, 0.2) is 0 Å². The van der Waals surface area contributed by atoms with Gasteiger partial charge in [0, 0.05) is 16.6 Å². The predicted octanol–water partition coefficient (Wildman–Crippen LogP) is 3.94. The second-order valence-corrected chi connectivity index (χ2v) is 7.63. The summed E-state index contributed by atoms with van der Waals surface area (Å²) >= 11 is 0. The van der Waals surface area contributed by atoms with E-state index in [0.717, 1.165) is 12.8 Å². The van der Waals surface area contributed by atoms with Crippen LogP contribution in [0, 0.1) is 5.82 Å². The summed E-state index contributed by atoms with van der Waals surface area (Å²) < 4.78 is 19.6. The summed E-state index contributed by atoms with van der Waals surface area (Å²) in [5.41, 5.74) is 5.83. The highest BCUT2D eigenvalue weighted by Gasteiger charge is 2.54. The van der Waals surface area contributed by atoms with Gasteiger partial charge >= 0.3 is 6.09 Å². The number of ether oxygens (including phenoxy) is 1. The van der Waals surface area contributed by atoms with Gasteiger partial charge < -0.3 is 10.5 Å². The molecule has 1 saturated carbocycles. The number of nitrogens with one attached hydrogen (secondary N) is 1. The summed E-state index contributed by atoms with van der Waals surface area (Å²) in [4.78, 5) is 11.7. The van der Waals surface area contributed by atoms with Crippen molar-refractivity contribution in [2.24, 2.45) is 5.73 Å². The lowest BCUT2D eigenvalue weighted by molar-refractivity contribution is 0.0636. The molecule has 22 heavy (non-hydrogen) atoms. The van der Waals surface area contributed by atoms with Crippen LogP contribution < -0.4 is 11.1 Å². The number of amides is 1. The van der Waals surface area contributed by atoms with Gasteiger partial charge in [-0.15, -0.1) is 0 Å². The first-order valence-electron chi connectivity index (χ1n) is 7.54. The first-order valence-corrected chi connectivity index (χ1v) is 7.54. The Balaban J connectivity index is 2.16. The topological polar surface area (TPSA) is 64.3 Å². The molecule has 0 aliphatic heterocycles. The summed E-state index contributed by atoms with van der Waals surface area (Å²) in [5.74, 6) is -0.343. The molecule has 0 radical (unpaired) electrons. The molecule has 1 aliphatic rings. The zero-order valence-electron chi connectivity index (χ0n) is 13.9. The fraction of sp³-hybridized carbons (Fsp3) is 0.588. The summed E-state index contributed by atoms with van der Waals surface area (Å²) in [6, 6.07) is 4.73. The predicted molar refractivity (Wildman–Crippen MR) is 85.4 cm³/mol. The molecule has 122 valence electrons. The number of halogens is 1. The Kier molecular flexibility index (Phi) is 3.98. The first kappa shape index (κ1) is 16.7. The zero-order valence-corrected chi connectivity index (χ0v) is 13.9. The van der Waals surface area contributed by atoms with Crippen molar-refractivity contribution >= 4 is 11.8 Å². The van der Waals surface area contributed by atoms with Crippen LogP contribution in [0.1, 0.15) is 53.0 Å². The van der Waals surface area contributed by atoms with E-state index in [9.17, 15) is 9.18 Å². The van der Waals surface area contributed by atoms with Gasteiger partial charge in [0.05, 0.1) is 0 Å². The van der Waals surface area contributed by atoms with Crippen LogP contribution in [0.2, 0.25) is 0 Å². The molecular weight excluding hydrogens is 283 g/mol. The lowest BCUT2D eigenvalue weighted by Gasteiger charge is -2.31. The Morgan fingerprint density at radius 1 is 1.27 bits per heavy atom. The Morgan fingerprint density at radius 2 is 1.86 bits per heavy atom. The molecule has 1 amide bonds. The zero-order chi connectivity index (χ0) is 16.8. The van der Waals surface area contributed by atoms with E-state index < -0.39 is 17.2 Å². The lowest BCUT2D eigenvalue weighted by atomic mass is 9.79. The molecule has 2 rings (SSSR count). The molecular formula is C17H25FN2O2. The summed E-state index contributed by atoms with van der Waals surface area (Å²) in [5, 5.41) is 2.54. The summed E-state index contributed by atoms with van der Waals surface area (Å²) in [6.07, 6.45) is 1.17. The van der Waals surface area contributed by atoms with E-state index in [0.29, 0.717) is 11.3 Å². The minimum Gasteiger partial charge on any atom is -0.444 e. The second kappa shape index (κ2) is 5.23. The molecule has 0 atom stereocenters. The highest BCUT2D eigenvalue weighted by Crippen LogP contribution is 2.55. The normalized spacial score (nSPS) is 17.0. The van der Waals surface area contributed by atoms with Gasteiger partial charge in [-0.05, 0) is 65.2 Å². The summed E-state index contributed by atoms with van der Waals surface area (Å²) in [7, 11) is 0. The molecule has 0 spiro atoms. The molecule has 0 bridgehead atoms. The van der Waals surface area contributed by atoms with E-state index in [-0.39, 0.29) is 11.2 Å². The van der Waals surface area contributed by atoms with Crippen LogP contribution in [-0.4, -0.2) is 17.2 Å². The molecule has 1 aliphatic carbocycles. The van der Waals surface area contributed by atoms with Crippen LogP contribution in [0.3, 0.4) is 0 Å². The average molecular weight is 308 g/mol. The minimum atomic E-state index is -0.597. The maximum absolute atomic E-state index is 14.5. The van der Waals surface area contributed by atoms with Crippen molar-refractivity contribution in [3.8, 4) is 0 Å². The molecule has 0 unspecified atom stereocenters. The van der Waals surface area contributed by atoms with Gasteiger partial charge in [-0.3, -0.25) is 5.32 Å². The van der Waals surface area contributed by atoms with E-state index in [4.69, 9.17) is 10.5 Å². The van der Waals surface area contributed by atoms with Crippen molar-refractivity contribution in [3.05, 3.63) is 29.6 Å². The van der Waals surface area contributed by atoms with Crippen molar-refractivity contribution in [2.75, 3.05) is 5.32 Å². The Labute approximate surface area is 131 Å². The number of carbonyl (C=O) groups excluding carboxylic acids is 1. The van der Waals surface area contributed by atoms with Crippen molar-refractivity contribution in [2.45, 2.75) is 64.0 Å². The van der Waals surface area contributed by atoms with E-state index >= 15 is 0 Å². The number of benzene rings is 1. The van der Waals surface area contributed by atoms with Crippen molar-refractivity contribution in [3.63, 3.8) is 0 Å². The number of hydrogen-bond donors (Lipinski definition) is 2. The molecule has 1 aromatic carbocycles. The molecule has 0 saturated heterocycles. The molecule has 1 aromatic rings. The fourth-order valence-corrected chi connectivity index (χ4v) is 2.79. The van der Waals surface area contributed by atoms with Crippen molar-refractivity contribution < 1.29 is 13.9 Å². The van der Waals surface area contributed by atoms with Gasteiger partial charge in [0.25, 0.3) is 0 Å². The third-order valence-corrected chi connectivity index (χ3v) is 4.11. The highest BCUT2D eigenvalue weighted by molar-refractivity contribution is 5.84. The fourth-order valence-electron chi connectivity index (χ4n) is 2.79. The minimum absolute atomic E-state index is 0.304. The standard InChI is InChI=1S/C17H25FN2O2/c1-15(2,3)22-14(21)20-11-6-7-12(13(18)10-11)17(8-9-17)16(4,5)19/h6-7,10H,8-9,19H2,1-5H3,(H,20,21). The molecule has 4 nitrogen and oxygen atoms in total. The van der Waals surface area contributed by atoms with Crippen LogP contribution in [0.15, 0.2) is 18.2 Å². The van der Waals surface area contributed by atoms with Crippen LogP contribution in [0.25, 0.3) is 0 Å². The van der Waals surface area contributed by atoms with Crippen molar-refractivity contribution in [1.29, 1.82) is 0 Å². The maximum atomic E-state index is 14.5. The Bertz CT molecular complexity index is 581. The van der Waals surface area contributed by atoms with E-state index in [1.807, 2.05) is 13.8 Å². The molecule has 5 heteroatoms. The lowest BCUT2D eigenvalue weighted by Crippen LogP contribution is -2.45. The number of nitrogens with two attached hydrogens (primary N) is 1. The van der Waals surface area contributed by atoms with Gasteiger partial charge in [0.1, 0.15) is 11.4 Å². The number of carbonyl (C=O) groups is 1. The molecule has 0 heterocycles. The van der Waals surface area contributed by atoms with E-state index in [2.05, 4.69) is 5.32 Å². The third-order valence-electron chi connectivity index (χ3n) is 4.11. The second-order valence-electron chi connectivity index (χ2n) is 7.63. The van der Waals surface area contributed by atoms with E-state index in [1.54, 1.807) is 32.9 Å². The Morgan fingerprint density at radius 3 is 2.27 bits per heavy atom. The monoisotopic (exact) mass is 308 g/mol. The summed E-state index contributed by atoms with van der Waals surface area (Å²) in [6.45, 7) is 9.17. The van der Waals surface area contributed by atoms with Crippen LogP contribution in [-0.2, 0) is 10.2 Å². The molecule has 1 fully saturated rings. The smallest absolute Gasteiger partial charge is 0.412 e. The van der Waals surface area contributed by atoms with Gasteiger partial charge in [-0.25, -0.2) is 9.18 Å². The SMILES string of the molecule is CC(C)(C)OC(=O)Nc1ccc(C2(C(C)(C)N)CC2)c(F)c1. The first-order chi connectivity index (χ1) is 9.95. The van der Waals surface area contributed by atoms with Gasteiger partial charge in [-0.2, -0.15) is 0 Å². The van der Waals surface area contributed by atoms with Gasteiger partial charge in [0.2, 0.25) is 0 Å². The number of hydrogen-bond acceptors (Lipinski definition) is 3. The van der Waals surface area contributed by atoms with E-state index in [1.165, 1.54) is 6.07 Å². The third kappa shape index (κ3) is 3.40. The maximum Gasteiger partial charge on any atom is 0.412 e. The van der Waals surface area contributed by atoms with Crippen LogP contribution in [0.4, 0.5) is 14.9 Å². The number of rotatable bonds is 3. The van der Waals surface area contributed by atoms with Crippen LogP contribution >= 0.6 is 0 Å². The molecule has 3 N–H and O–H groups in total.